The van der Waals surface area contributed by atoms with Gasteiger partial charge in [-0.3, -0.25) is 24.0 Å². The van der Waals surface area contributed by atoms with Crippen LogP contribution in [0.4, 0.5) is 0 Å². The monoisotopic (exact) mass is 474 g/mol. The van der Waals surface area contributed by atoms with Gasteiger partial charge in [-0.2, -0.15) is 0 Å². The molecule has 1 heterocycles. The van der Waals surface area contributed by atoms with Crippen LogP contribution in [0.3, 0.4) is 0 Å². The lowest BCUT2D eigenvalue weighted by molar-refractivity contribution is -0.145. The first-order chi connectivity index (χ1) is 15.9. The van der Waals surface area contributed by atoms with Crippen molar-refractivity contribution in [3.8, 4) is 0 Å². The van der Waals surface area contributed by atoms with Crippen LogP contribution >= 0.6 is 0 Å². The number of nitrogens with one attached hydrogen (secondary N) is 2. The van der Waals surface area contributed by atoms with E-state index in [9.17, 15) is 24.0 Å². The zero-order valence-corrected chi connectivity index (χ0v) is 20.6. The second-order valence-electron chi connectivity index (χ2n) is 11.8. The predicted octanol–water partition coefficient (Wildman–Crippen LogP) is 0.750. The Morgan fingerprint density at radius 3 is 2.00 bits per heavy atom. The third-order valence-corrected chi connectivity index (χ3v) is 8.31. The summed E-state index contributed by atoms with van der Waals surface area (Å²) in [4.78, 5) is 65.2. The minimum atomic E-state index is -1.06. The molecule has 9 heteroatoms. The summed E-state index contributed by atoms with van der Waals surface area (Å²) in [6.45, 7) is 8.19. The Balaban J connectivity index is 1.52. The molecular formula is C25H38N4O5. The fourth-order valence-corrected chi connectivity index (χ4v) is 5.61. The number of hydrogen-bond acceptors (Lipinski definition) is 5. The van der Waals surface area contributed by atoms with E-state index in [1.54, 1.807) is 18.7 Å². The molecule has 3 saturated carbocycles. The molecule has 0 spiro atoms. The van der Waals surface area contributed by atoms with E-state index in [2.05, 4.69) is 24.5 Å². The molecule has 4 aliphatic rings. The maximum Gasteiger partial charge on any atom is 0.287 e. The standard InChI is InChI=1S/C25H38N4O5/c1-12(2)22(32)28-17(10-14-7-8-14)24(34)29-11-15-18(25(15,3)4)19(29)23(33)27-16(9-13-5-6-13)20(30)21(26)31/h12-19H,5-11H2,1-4H3,(H2,26,31)(H,27,33)(H,28,32)/t15-,16?,17-,18-,19-/m0/s1. The lowest BCUT2D eigenvalue weighted by atomic mass is 9.97. The Labute approximate surface area is 200 Å². The first-order valence-corrected chi connectivity index (χ1v) is 12.7. The van der Waals surface area contributed by atoms with E-state index >= 15 is 0 Å². The van der Waals surface area contributed by atoms with E-state index in [1.165, 1.54) is 0 Å². The van der Waals surface area contributed by atoms with Gasteiger partial charge in [-0.05, 0) is 41.9 Å². The number of nitrogens with zero attached hydrogens (tertiary/aromatic N) is 1. The number of primary amides is 1. The smallest absolute Gasteiger partial charge is 0.287 e. The zero-order chi connectivity index (χ0) is 24.9. The van der Waals surface area contributed by atoms with Crippen molar-refractivity contribution in [1.82, 2.24) is 15.5 Å². The highest BCUT2D eigenvalue weighted by atomic mass is 16.2. The fraction of sp³-hybridized carbons (Fsp3) is 0.800. The van der Waals surface area contributed by atoms with Crippen molar-refractivity contribution in [3.63, 3.8) is 0 Å². The highest BCUT2D eigenvalue weighted by molar-refractivity contribution is 6.37. The van der Waals surface area contributed by atoms with Gasteiger partial charge in [0.2, 0.25) is 23.5 Å². The van der Waals surface area contributed by atoms with Crippen LogP contribution in [0, 0.1) is 35.0 Å². The van der Waals surface area contributed by atoms with E-state index in [4.69, 9.17) is 5.73 Å². The van der Waals surface area contributed by atoms with E-state index in [0.29, 0.717) is 31.2 Å². The molecule has 1 aliphatic heterocycles. The van der Waals surface area contributed by atoms with Gasteiger partial charge in [-0.15, -0.1) is 0 Å². The number of fused-ring (bicyclic) bond motifs is 1. The summed E-state index contributed by atoms with van der Waals surface area (Å²) in [5.74, 6) is -2.05. The average Bonchev–Trinajstić information content (AvgIpc) is 3.71. The molecule has 0 aromatic heterocycles. The second-order valence-corrected chi connectivity index (χ2v) is 11.8. The minimum Gasteiger partial charge on any atom is -0.363 e. The van der Waals surface area contributed by atoms with E-state index in [0.717, 1.165) is 25.7 Å². The number of likely N-dealkylation sites (tertiary alicyclic amines) is 1. The van der Waals surface area contributed by atoms with Gasteiger partial charge in [0.15, 0.2) is 0 Å². The van der Waals surface area contributed by atoms with Gasteiger partial charge in [0.1, 0.15) is 12.1 Å². The lowest BCUT2D eigenvalue weighted by Gasteiger charge is -2.34. The van der Waals surface area contributed by atoms with Gasteiger partial charge in [0.25, 0.3) is 5.91 Å². The molecule has 1 saturated heterocycles. The Morgan fingerprint density at radius 2 is 1.50 bits per heavy atom. The molecule has 4 amide bonds. The molecule has 0 aromatic carbocycles. The SMILES string of the molecule is CC(C)C(=O)N[C@@H](CC1CC1)C(=O)N1C[C@H]2[C@@H]([C@H]1C(=O)NC(CC1CC1)C(=O)C(N)=O)C2(C)C. The number of nitrogens with two attached hydrogens (primary N) is 1. The highest BCUT2D eigenvalue weighted by Crippen LogP contribution is 2.65. The summed E-state index contributed by atoms with van der Waals surface area (Å²) in [7, 11) is 0. The zero-order valence-electron chi connectivity index (χ0n) is 20.6. The van der Waals surface area contributed by atoms with Crippen LogP contribution < -0.4 is 16.4 Å². The van der Waals surface area contributed by atoms with Crippen molar-refractivity contribution in [3.05, 3.63) is 0 Å². The van der Waals surface area contributed by atoms with Gasteiger partial charge in [0, 0.05) is 12.5 Å². The average molecular weight is 475 g/mol. The second kappa shape index (κ2) is 8.96. The number of rotatable bonds is 11. The molecule has 0 radical (unpaired) electrons. The molecule has 4 N–H and O–H groups in total. The third-order valence-electron chi connectivity index (χ3n) is 8.31. The van der Waals surface area contributed by atoms with Gasteiger partial charge >= 0.3 is 0 Å². The number of piperidine rings is 1. The van der Waals surface area contributed by atoms with Crippen LogP contribution in [0.2, 0.25) is 0 Å². The predicted molar refractivity (Wildman–Crippen MR) is 124 cm³/mol. The molecule has 0 aromatic rings. The van der Waals surface area contributed by atoms with Crippen LogP contribution in [0.25, 0.3) is 0 Å². The van der Waals surface area contributed by atoms with Crippen molar-refractivity contribution in [2.24, 2.45) is 40.7 Å². The van der Waals surface area contributed by atoms with Crippen LogP contribution in [0.15, 0.2) is 0 Å². The van der Waals surface area contributed by atoms with E-state index < -0.39 is 35.7 Å². The first-order valence-electron chi connectivity index (χ1n) is 12.7. The van der Waals surface area contributed by atoms with Gasteiger partial charge < -0.3 is 21.3 Å². The van der Waals surface area contributed by atoms with Gasteiger partial charge in [0.05, 0.1) is 6.04 Å². The summed E-state index contributed by atoms with van der Waals surface area (Å²) in [6.07, 6.45) is 4.97. The fourth-order valence-electron chi connectivity index (χ4n) is 5.61. The largest absolute Gasteiger partial charge is 0.363 e. The Bertz CT molecular complexity index is 892. The van der Waals surface area contributed by atoms with Crippen molar-refractivity contribution < 1.29 is 24.0 Å². The number of ketones is 1. The summed E-state index contributed by atoms with van der Waals surface area (Å²) in [5.41, 5.74) is 5.14. The quantitative estimate of drug-likeness (QED) is 0.379. The van der Waals surface area contributed by atoms with Crippen molar-refractivity contribution in [1.29, 1.82) is 0 Å². The molecular weight excluding hydrogens is 436 g/mol. The van der Waals surface area contributed by atoms with Crippen LogP contribution in [0.5, 0.6) is 0 Å². The number of Topliss-reactive ketones (excluding diaryl/α,β-unsaturated/α-hetero) is 1. The van der Waals surface area contributed by atoms with Gasteiger partial charge in [-0.25, -0.2) is 0 Å². The number of amides is 4. The first kappa shape index (κ1) is 24.7. The number of carbonyl (C=O) groups excluding carboxylic acids is 5. The highest BCUT2D eigenvalue weighted by Gasteiger charge is 2.69. The summed E-state index contributed by atoms with van der Waals surface area (Å²) < 4.78 is 0. The van der Waals surface area contributed by atoms with Crippen LogP contribution in [-0.4, -0.2) is 59.0 Å². The molecule has 1 unspecified atom stereocenters. The molecule has 4 rings (SSSR count). The summed E-state index contributed by atoms with van der Waals surface area (Å²) >= 11 is 0. The Morgan fingerprint density at radius 1 is 0.941 bits per heavy atom. The van der Waals surface area contributed by atoms with Gasteiger partial charge in [-0.1, -0.05) is 53.4 Å². The number of carbonyl (C=O) groups is 5. The van der Waals surface area contributed by atoms with Crippen LogP contribution in [0.1, 0.15) is 66.2 Å². The van der Waals surface area contributed by atoms with Crippen molar-refractivity contribution in [2.75, 3.05) is 6.54 Å². The normalized spacial score (nSPS) is 28.6. The lowest BCUT2D eigenvalue weighted by Crippen LogP contribution is -2.58. The molecule has 9 nitrogen and oxygen atoms in total. The Hall–Kier alpha value is -2.45. The van der Waals surface area contributed by atoms with E-state index in [-0.39, 0.29) is 35.0 Å². The van der Waals surface area contributed by atoms with Crippen molar-refractivity contribution >= 4 is 29.4 Å². The Kier molecular flexibility index (Phi) is 6.50. The maximum absolute atomic E-state index is 13.7. The summed E-state index contributed by atoms with van der Waals surface area (Å²) in [6, 6.07) is -2.35. The molecule has 34 heavy (non-hydrogen) atoms. The van der Waals surface area contributed by atoms with Crippen molar-refractivity contribution in [2.45, 2.75) is 84.3 Å². The van der Waals surface area contributed by atoms with Crippen LogP contribution in [-0.2, 0) is 24.0 Å². The molecule has 0 bridgehead atoms. The third kappa shape index (κ3) is 4.98. The number of hydrogen-bond donors (Lipinski definition) is 3. The minimum absolute atomic E-state index is 0.0240. The molecule has 188 valence electrons. The maximum atomic E-state index is 13.7. The summed E-state index contributed by atoms with van der Waals surface area (Å²) in [5, 5.41) is 5.68. The molecule has 5 atom stereocenters. The molecule has 4 fully saturated rings. The van der Waals surface area contributed by atoms with E-state index in [1.807, 2.05) is 0 Å². The topological polar surface area (TPSA) is 139 Å². The molecule has 3 aliphatic carbocycles.